The molecule has 130 valence electrons. The molecule has 0 aliphatic rings. The molecule has 0 saturated carbocycles. The van der Waals surface area contributed by atoms with Gasteiger partial charge in [-0.25, -0.2) is 4.98 Å². The second-order valence-electron chi connectivity index (χ2n) is 5.97. The van der Waals surface area contributed by atoms with Crippen molar-refractivity contribution >= 4 is 44.9 Å². The first-order valence-corrected chi connectivity index (χ1v) is 9.61. The predicted molar refractivity (Wildman–Crippen MR) is 105 cm³/mol. The number of benzene rings is 1. The van der Waals surface area contributed by atoms with Gasteiger partial charge in [0.05, 0.1) is 10.6 Å². The molecule has 0 fully saturated rings. The molecule has 2 aromatic heterocycles. The monoisotopic (exact) mass is 373 g/mol. The smallest absolute Gasteiger partial charge is 0.262 e. The normalized spacial score (nSPS) is 12.3. The summed E-state index contributed by atoms with van der Waals surface area (Å²) in [7, 11) is 1.68. The predicted octanol–water partition coefficient (Wildman–Crippen LogP) is 3.73. The highest BCUT2D eigenvalue weighted by molar-refractivity contribution is 8.00. The summed E-state index contributed by atoms with van der Waals surface area (Å²) >= 11 is 2.71. The molecule has 7 heteroatoms. The van der Waals surface area contributed by atoms with Gasteiger partial charge in [0.25, 0.3) is 5.56 Å². The number of amides is 1. The molecule has 0 aliphatic heterocycles. The van der Waals surface area contributed by atoms with Gasteiger partial charge in [0, 0.05) is 12.7 Å². The summed E-state index contributed by atoms with van der Waals surface area (Å²) in [5, 5.41) is 5.58. The van der Waals surface area contributed by atoms with Crippen LogP contribution in [0.15, 0.2) is 39.6 Å². The largest absolute Gasteiger partial charge is 0.325 e. The van der Waals surface area contributed by atoms with Gasteiger partial charge in [-0.1, -0.05) is 29.5 Å². The molecule has 1 aromatic carbocycles. The fourth-order valence-electron chi connectivity index (χ4n) is 2.49. The van der Waals surface area contributed by atoms with Crippen LogP contribution in [0, 0.1) is 13.8 Å². The zero-order chi connectivity index (χ0) is 18.1. The molecule has 5 nitrogen and oxygen atoms in total. The van der Waals surface area contributed by atoms with E-state index in [1.165, 1.54) is 27.7 Å². The van der Waals surface area contributed by atoms with E-state index in [2.05, 4.69) is 10.3 Å². The molecule has 1 atom stereocenters. The molecule has 1 amide bonds. The Bertz CT molecular complexity index is 1010. The Morgan fingerprint density at radius 3 is 2.80 bits per heavy atom. The van der Waals surface area contributed by atoms with E-state index in [4.69, 9.17) is 0 Å². The molecule has 1 unspecified atom stereocenters. The molecule has 1 N–H and O–H groups in total. The molecule has 2 heterocycles. The number of rotatable bonds is 4. The zero-order valence-corrected chi connectivity index (χ0v) is 16.1. The van der Waals surface area contributed by atoms with Crippen LogP contribution in [-0.2, 0) is 11.8 Å². The van der Waals surface area contributed by atoms with E-state index in [1.54, 1.807) is 13.1 Å². The summed E-state index contributed by atoms with van der Waals surface area (Å²) in [4.78, 5) is 30.1. The van der Waals surface area contributed by atoms with Crippen molar-refractivity contribution in [2.75, 3.05) is 5.32 Å². The van der Waals surface area contributed by atoms with Gasteiger partial charge in [0.2, 0.25) is 5.91 Å². The first-order chi connectivity index (χ1) is 11.9. The van der Waals surface area contributed by atoms with Crippen LogP contribution in [0.1, 0.15) is 18.1 Å². The number of fused-ring (bicyclic) bond motifs is 1. The van der Waals surface area contributed by atoms with Gasteiger partial charge < -0.3 is 5.32 Å². The van der Waals surface area contributed by atoms with Crippen molar-refractivity contribution < 1.29 is 4.79 Å². The molecule has 0 spiro atoms. The summed E-state index contributed by atoms with van der Waals surface area (Å²) in [6.07, 6.45) is 0. The lowest BCUT2D eigenvalue weighted by atomic mass is 10.1. The number of thiophene rings is 1. The molecule has 3 aromatic rings. The number of anilines is 1. The fraction of sp³-hybridized carbons (Fsp3) is 0.278. The van der Waals surface area contributed by atoms with Crippen LogP contribution in [0.2, 0.25) is 0 Å². The third-order valence-corrected chi connectivity index (χ3v) is 5.91. The maximum absolute atomic E-state index is 12.5. The molecule has 25 heavy (non-hydrogen) atoms. The van der Waals surface area contributed by atoms with Crippen molar-refractivity contribution in [2.24, 2.45) is 7.05 Å². The van der Waals surface area contributed by atoms with E-state index in [1.807, 2.05) is 44.4 Å². The van der Waals surface area contributed by atoms with Gasteiger partial charge in [0.1, 0.15) is 4.83 Å². The summed E-state index contributed by atoms with van der Waals surface area (Å²) in [6, 6.07) is 7.69. The first kappa shape index (κ1) is 17.7. The quantitative estimate of drug-likeness (QED) is 0.559. The highest BCUT2D eigenvalue weighted by Gasteiger charge is 2.19. The van der Waals surface area contributed by atoms with Crippen molar-refractivity contribution in [2.45, 2.75) is 31.2 Å². The number of carbonyl (C=O) groups is 1. The van der Waals surface area contributed by atoms with Crippen molar-refractivity contribution in [3.05, 3.63) is 51.1 Å². The Labute approximate surface area is 154 Å². The average Bonchev–Trinajstić information content (AvgIpc) is 3.03. The molecular formula is C18H19N3O2S2. The van der Waals surface area contributed by atoms with Crippen LogP contribution in [0.25, 0.3) is 10.2 Å². The third-order valence-electron chi connectivity index (χ3n) is 3.96. The van der Waals surface area contributed by atoms with Crippen molar-refractivity contribution in [1.82, 2.24) is 9.55 Å². The van der Waals surface area contributed by atoms with E-state index in [9.17, 15) is 9.59 Å². The maximum atomic E-state index is 12.5. The standard InChI is InChI=1S/C18H19N3O2S2/c1-10-5-6-14(11(2)9-10)19-15(22)12(3)25-18-20-16-13(7-8-24-16)17(23)21(18)4/h5-9,12H,1-4H3,(H,19,22). The SMILES string of the molecule is Cc1ccc(NC(=O)C(C)Sc2nc3sccc3c(=O)n2C)c(C)c1. The van der Waals surface area contributed by atoms with Gasteiger partial charge in [-0.05, 0) is 43.8 Å². The van der Waals surface area contributed by atoms with Gasteiger partial charge in [0.15, 0.2) is 5.16 Å². The van der Waals surface area contributed by atoms with E-state index in [0.29, 0.717) is 15.4 Å². The number of nitrogens with one attached hydrogen (secondary N) is 1. The number of hydrogen-bond donors (Lipinski definition) is 1. The molecule has 3 rings (SSSR count). The molecule has 0 bridgehead atoms. The number of nitrogens with zero attached hydrogens (tertiary/aromatic N) is 2. The Hall–Kier alpha value is -2.12. The van der Waals surface area contributed by atoms with Gasteiger partial charge in [-0.2, -0.15) is 0 Å². The Morgan fingerprint density at radius 1 is 1.32 bits per heavy atom. The molecular weight excluding hydrogens is 354 g/mol. The van der Waals surface area contributed by atoms with E-state index in [-0.39, 0.29) is 16.7 Å². The highest BCUT2D eigenvalue weighted by atomic mass is 32.2. The van der Waals surface area contributed by atoms with E-state index >= 15 is 0 Å². The Balaban J connectivity index is 1.79. The lowest BCUT2D eigenvalue weighted by Gasteiger charge is -2.15. The minimum Gasteiger partial charge on any atom is -0.325 e. The van der Waals surface area contributed by atoms with Crippen LogP contribution in [0.3, 0.4) is 0 Å². The minimum absolute atomic E-state index is 0.0873. The van der Waals surface area contributed by atoms with Crippen LogP contribution in [0.4, 0.5) is 5.69 Å². The topological polar surface area (TPSA) is 64.0 Å². The Morgan fingerprint density at radius 2 is 2.08 bits per heavy atom. The van der Waals surface area contributed by atoms with Crippen LogP contribution >= 0.6 is 23.1 Å². The number of hydrogen-bond acceptors (Lipinski definition) is 5. The van der Waals surface area contributed by atoms with Crippen molar-refractivity contribution in [3.63, 3.8) is 0 Å². The van der Waals surface area contributed by atoms with E-state index in [0.717, 1.165) is 16.8 Å². The van der Waals surface area contributed by atoms with E-state index < -0.39 is 0 Å². The number of carbonyl (C=O) groups excluding carboxylic acids is 1. The second-order valence-corrected chi connectivity index (χ2v) is 8.17. The summed E-state index contributed by atoms with van der Waals surface area (Å²) in [5.41, 5.74) is 2.90. The minimum atomic E-state index is -0.379. The van der Waals surface area contributed by atoms with Crippen LogP contribution in [0.5, 0.6) is 0 Å². The third kappa shape index (κ3) is 3.62. The van der Waals surface area contributed by atoms with Crippen LogP contribution in [-0.4, -0.2) is 20.7 Å². The summed E-state index contributed by atoms with van der Waals surface area (Å²) in [6.45, 7) is 5.80. The lowest BCUT2D eigenvalue weighted by molar-refractivity contribution is -0.115. The number of thioether (sulfide) groups is 1. The van der Waals surface area contributed by atoms with Gasteiger partial charge >= 0.3 is 0 Å². The summed E-state index contributed by atoms with van der Waals surface area (Å²) in [5.74, 6) is -0.113. The summed E-state index contributed by atoms with van der Waals surface area (Å²) < 4.78 is 1.50. The fourth-order valence-corrected chi connectivity index (χ4v) is 4.16. The van der Waals surface area contributed by atoms with Gasteiger partial charge in [-0.3, -0.25) is 14.2 Å². The van der Waals surface area contributed by atoms with Crippen molar-refractivity contribution in [3.8, 4) is 0 Å². The second kappa shape index (κ2) is 7.01. The average molecular weight is 374 g/mol. The Kier molecular flexibility index (Phi) is 4.96. The first-order valence-electron chi connectivity index (χ1n) is 7.86. The zero-order valence-electron chi connectivity index (χ0n) is 14.5. The highest BCUT2D eigenvalue weighted by Crippen LogP contribution is 2.25. The lowest BCUT2D eigenvalue weighted by Crippen LogP contribution is -2.25. The number of aryl methyl sites for hydroxylation is 2. The molecule has 0 saturated heterocycles. The van der Waals surface area contributed by atoms with Crippen molar-refractivity contribution in [1.29, 1.82) is 0 Å². The number of aromatic nitrogens is 2. The molecule has 0 aliphatic carbocycles. The van der Waals surface area contributed by atoms with Crippen LogP contribution < -0.4 is 10.9 Å². The van der Waals surface area contributed by atoms with Gasteiger partial charge in [-0.15, -0.1) is 11.3 Å². The molecule has 0 radical (unpaired) electrons. The maximum Gasteiger partial charge on any atom is 0.262 e.